The summed E-state index contributed by atoms with van der Waals surface area (Å²) in [5.41, 5.74) is 5.65. The lowest BCUT2D eigenvalue weighted by Gasteiger charge is -2.49. The molecule has 1 aliphatic heterocycles. The van der Waals surface area contributed by atoms with Crippen LogP contribution in [0.5, 0.6) is 0 Å². The average Bonchev–Trinajstić information content (AvgIpc) is 2.84. The number of aliphatic carboxylic acids is 1. The highest BCUT2D eigenvalue weighted by Crippen LogP contribution is 2.46. The first-order valence-corrected chi connectivity index (χ1v) is 13.3. The number of pyridine rings is 1. The number of nitrogens with zero attached hydrogens (tertiary/aromatic N) is 2. The number of ether oxygens (including phenoxy) is 1. The third kappa shape index (κ3) is 6.48. The van der Waals surface area contributed by atoms with Gasteiger partial charge in [0.2, 0.25) is 0 Å². The van der Waals surface area contributed by atoms with Crippen molar-refractivity contribution in [3.8, 4) is 11.1 Å². The number of nitrogens with one attached hydrogen (secondary N) is 1. The Morgan fingerprint density at radius 2 is 1.64 bits per heavy atom. The highest BCUT2D eigenvalue weighted by atomic mass is 16.5. The normalized spacial score (nSPS) is 15.4. The molecule has 0 radical (unpaired) electrons. The van der Waals surface area contributed by atoms with Crippen LogP contribution in [0.15, 0.2) is 54.6 Å². The Hall–Kier alpha value is -3.71. The topological polar surface area (TPSA) is 91.8 Å². The van der Waals surface area contributed by atoms with Crippen LogP contribution in [0.2, 0.25) is 0 Å². The summed E-state index contributed by atoms with van der Waals surface area (Å²) < 4.78 is 6.10. The molecule has 0 unspecified atom stereocenters. The third-order valence-electron chi connectivity index (χ3n) is 6.82. The Labute approximate surface area is 231 Å². The molecule has 2 heterocycles. The van der Waals surface area contributed by atoms with Gasteiger partial charge < -0.3 is 20.1 Å². The van der Waals surface area contributed by atoms with Crippen molar-refractivity contribution in [1.82, 2.24) is 10.3 Å². The van der Waals surface area contributed by atoms with Gasteiger partial charge in [0.15, 0.2) is 6.10 Å². The quantitative estimate of drug-likeness (QED) is 0.367. The fourth-order valence-electron chi connectivity index (χ4n) is 5.23. The van der Waals surface area contributed by atoms with Gasteiger partial charge in [-0.15, -0.1) is 0 Å². The van der Waals surface area contributed by atoms with Gasteiger partial charge in [0.1, 0.15) is 0 Å². The van der Waals surface area contributed by atoms with E-state index in [0.29, 0.717) is 23.4 Å². The monoisotopic (exact) mass is 529 g/mol. The van der Waals surface area contributed by atoms with Gasteiger partial charge in [-0.05, 0) is 63.3 Å². The van der Waals surface area contributed by atoms with Crippen molar-refractivity contribution in [3.63, 3.8) is 0 Å². The molecule has 0 saturated carbocycles. The fourth-order valence-corrected chi connectivity index (χ4v) is 5.23. The molecule has 1 saturated heterocycles. The highest BCUT2D eigenvalue weighted by molar-refractivity contribution is 5.95. The van der Waals surface area contributed by atoms with Crippen molar-refractivity contribution >= 4 is 17.6 Å². The number of anilines is 1. The van der Waals surface area contributed by atoms with Gasteiger partial charge in [-0.2, -0.15) is 0 Å². The molecule has 1 aliphatic rings. The van der Waals surface area contributed by atoms with Crippen molar-refractivity contribution < 1.29 is 19.4 Å². The van der Waals surface area contributed by atoms with Crippen LogP contribution in [0, 0.1) is 19.3 Å². The number of amides is 1. The molecule has 1 amide bonds. The van der Waals surface area contributed by atoms with E-state index in [-0.39, 0.29) is 11.3 Å². The summed E-state index contributed by atoms with van der Waals surface area (Å²) in [6.07, 6.45) is -1.17. The molecule has 206 valence electrons. The van der Waals surface area contributed by atoms with E-state index in [2.05, 4.69) is 24.1 Å². The first kappa shape index (κ1) is 28.3. The minimum Gasteiger partial charge on any atom is -0.479 e. The molecule has 2 N–H and O–H groups in total. The second kappa shape index (κ2) is 10.8. The molecule has 0 bridgehead atoms. The van der Waals surface area contributed by atoms with Gasteiger partial charge in [-0.25, -0.2) is 4.79 Å². The summed E-state index contributed by atoms with van der Waals surface area (Å²) in [6.45, 7) is 15.8. The lowest BCUT2D eigenvalue weighted by Crippen LogP contribution is -2.54. The van der Waals surface area contributed by atoms with E-state index in [1.807, 2.05) is 77.1 Å². The van der Waals surface area contributed by atoms with Crippen LogP contribution in [0.25, 0.3) is 11.1 Å². The van der Waals surface area contributed by atoms with E-state index in [1.165, 1.54) is 0 Å². The molecule has 2 aromatic carbocycles. The summed E-state index contributed by atoms with van der Waals surface area (Å²) in [5, 5.41) is 13.2. The number of aromatic nitrogens is 1. The molecule has 39 heavy (non-hydrogen) atoms. The van der Waals surface area contributed by atoms with Gasteiger partial charge in [-0.3, -0.25) is 9.78 Å². The fraction of sp³-hybridized carbons (Fsp3) is 0.406. The van der Waals surface area contributed by atoms with Crippen LogP contribution in [0.4, 0.5) is 5.69 Å². The number of benzene rings is 2. The van der Waals surface area contributed by atoms with Crippen molar-refractivity contribution in [3.05, 3.63) is 82.7 Å². The van der Waals surface area contributed by atoms with E-state index in [9.17, 15) is 14.7 Å². The first-order valence-electron chi connectivity index (χ1n) is 13.3. The zero-order valence-corrected chi connectivity index (χ0v) is 24.0. The maximum Gasteiger partial charge on any atom is 0.337 e. The third-order valence-corrected chi connectivity index (χ3v) is 6.82. The van der Waals surface area contributed by atoms with E-state index in [1.54, 1.807) is 12.1 Å². The number of carboxylic acids is 1. The lowest BCUT2D eigenvalue weighted by atomic mass is 9.81. The van der Waals surface area contributed by atoms with Gasteiger partial charge in [-0.1, -0.05) is 56.3 Å². The zero-order chi connectivity index (χ0) is 28.5. The highest BCUT2D eigenvalue weighted by Gasteiger charge is 2.41. The summed E-state index contributed by atoms with van der Waals surface area (Å²) in [7, 11) is 0. The predicted molar refractivity (Wildman–Crippen MR) is 154 cm³/mol. The minimum absolute atomic E-state index is 0.115. The van der Waals surface area contributed by atoms with Crippen LogP contribution < -0.4 is 10.2 Å². The molecule has 3 aromatic rings. The van der Waals surface area contributed by atoms with E-state index >= 15 is 0 Å². The van der Waals surface area contributed by atoms with Crippen molar-refractivity contribution in [2.45, 2.75) is 66.7 Å². The molecule has 7 heteroatoms. The predicted octanol–water partition coefficient (Wildman–Crippen LogP) is 6.08. The maximum atomic E-state index is 12.8. The molecular formula is C32H39N3O4. The molecule has 1 fully saturated rings. The molecule has 7 nitrogen and oxygen atoms in total. The number of hydrogen-bond acceptors (Lipinski definition) is 5. The standard InChI is InChI=1S/C32H39N3O4/c1-20-25(23-13-15-24(16-14-23)29(36)33-17-22-11-9-8-10-12-22)27(35-18-32(6,7)19-35)26(21(2)34-20)28(30(37)38)39-31(3,4)5/h8-16,28H,17-19H2,1-7H3,(H,33,36)(H,37,38)/t28-/m0/s1. The van der Waals surface area contributed by atoms with Gasteiger partial charge in [0.05, 0.1) is 11.3 Å². The lowest BCUT2D eigenvalue weighted by molar-refractivity contribution is -0.160. The summed E-state index contributed by atoms with van der Waals surface area (Å²) in [4.78, 5) is 32.4. The van der Waals surface area contributed by atoms with Crippen molar-refractivity contribution in [2.75, 3.05) is 18.0 Å². The number of carboxylic acid groups (broad SMARTS) is 1. The second-order valence-electron chi connectivity index (χ2n) is 12.1. The van der Waals surface area contributed by atoms with Crippen LogP contribution in [-0.4, -0.2) is 40.7 Å². The Bertz CT molecular complexity index is 1350. The Morgan fingerprint density at radius 1 is 1.03 bits per heavy atom. The largest absolute Gasteiger partial charge is 0.479 e. The molecular weight excluding hydrogens is 490 g/mol. The van der Waals surface area contributed by atoms with Crippen molar-refractivity contribution in [1.29, 1.82) is 0 Å². The minimum atomic E-state index is -1.17. The zero-order valence-electron chi connectivity index (χ0n) is 24.0. The first-order chi connectivity index (χ1) is 18.3. The summed E-state index contributed by atoms with van der Waals surface area (Å²) >= 11 is 0. The number of rotatable bonds is 8. The van der Waals surface area contributed by atoms with Crippen LogP contribution in [0.1, 0.15) is 73.6 Å². The van der Waals surface area contributed by atoms with Crippen LogP contribution in [-0.2, 0) is 16.1 Å². The summed E-state index contributed by atoms with van der Waals surface area (Å²) in [5.74, 6) is -1.20. The maximum absolute atomic E-state index is 12.8. The smallest absolute Gasteiger partial charge is 0.337 e. The van der Waals surface area contributed by atoms with Crippen LogP contribution >= 0.6 is 0 Å². The van der Waals surface area contributed by atoms with E-state index < -0.39 is 17.7 Å². The average molecular weight is 530 g/mol. The molecule has 1 atom stereocenters. The SMILES string of the molecule is Cc1nc(C)c([C@H](OC(C)(C)C)C(=O)O)c(N2CC(C)(C)C2)c1-c1ccc(C(=O)NCc2ccccc2)cc1. The number of carbonyl (C=O) groups excluding carboxylic acids is 1. The van der Waals surface area contributed by atoms with Gasteiger partial charge >= 0.3 is 5.97 Å². The Kier molecular flexibility index (Phi) is 7.84. The number of hydrogen-bond donors (Lipinski definition) is 2. The van der Waals surface area contributed by atoms with Crippen LogP contribution in [0.3, 0.4) is 0 Å². The Balaban J connectivity index is 1.75. The number of aryl methyl sites for hydroxylation is 2. The van der Waals surface area contributed by atoms with Gasteiger partial charge in [0.25, 0.3) is 5.91 Å². The van der Waals surface area contributed by atoms with Gasteiger partial charge in [0, 0.05) is 47.7 Å². The Morgan fingerprint density at radius 3 is 2.18 bits per heavy atom. The molecule has 1 aromatic heterocycles. The molecule has 4 rings (SSSR count). The second-order valence-corrected chi connectivity index (χ2v) is 12.1. The number of carbonyl (C=O) groups is 2. The molecule has 0 spiro atoms. The van der Waals surface area contributed by atoms with E-state index in [4.69, 9.17) is 9.72 Å². The molecule has 0 aliphatic carbocycles. The summed E-state index contributed by atoms with van der Waals surface area (Å²) in [6, 6.07) is 17.2. The van der Waals surface area contributed by atoms with E-state index in [0.717, 1.165) is 41.2 Å². The van der Waals surface area contributed by atoms with Crippen molar-refractivity contribution in [2.24, 2.45) is 5.41 Å².